The van der Waals surface area contributed by atoms with E-state index in [0.29, 0.717) is 6.04 Å². The zero-order valence-electron chi connectivity index (χ0n) is 8.45. The first-order chi connectivity index (χ1) is 6.27. The number of piperazine rings is 1. The molecule has 13 heavy (non-hydrogen) atoms. The van der Waals surface area contributed by atoms with Crippen LogP contribution in [0, 0.1) is 0 Å². The number of nitrogens with zero attached hydrogens (tertiary/aromatic N) is 2. The zero-order valence-corrected chi connectivity index (χ0v) is 8.45. The first-order valence-corrected chi connectivity index (χ1v) is 5.05. The van der Waals surface area contributed by atoms with Gasteiger partial charge in [-0.2, -0.15) is 0 Å². The number of β-amino-alcohol motifs (C(OH)–C–C–N with tert-alkyl or cyclic N) is 1. The molecule has 3 N–H and O–H groups in total. The molecule has 1 heterocycles. The van der Waals surface area contributed by atoms with Gasteiger partial charge < -0.3 is 10.8 Å². The Bertz CT molecular complexity index is 135. The molecule has 78 valence electrons. The monoisotopic (exact) mass is 187 g/mol. The quantitative estimate of drug-likeness (QED) is 0.589. The molecule has 1 saturated heterocycles. The molecule has 1 aliphatic heterocycles. The molecule has 4 nitrogen and oxygen atoms in total. The van der Waals surface area contributed by atoms with Gasteiger partial charge in [-0.3, -0.25) is 9.80 Å². The number of hydrogen-bond donors (Lipinski definition) is 2. The minimum atomic E-state index is 0.270. The van der Waals surface area contributed by atoms with Gasteiger partial charge in [-0.1, -0.05) is 0 Å². The van der Waals surface area contributed by atoms with Crippen molar-refractivity contribution in [3.63, 3.8) is 0 Å². The van der Waals surface area contributed by atoms with E-state index in [1.165, 1.54) is 0 Å². The largest absolute Gasteiger partial charge is 0.395 e. The highest BCUT2D eigenvalue weighted by molar-refractivity contribution is 4.76. The van der Waals surface area contributed by atoms with E-state index >= 15 is 0 Å². The first-order valence-electron chi connectivity index (χ1n) is 5.05. The molecule has 0 amide bonds. The Balaban J connectivity index is 2.22. The average molecular weight is 187 g/mol. The number of nitrogens with two attached hydrogens (primary N) is 1. The molecule has 0 aromatic carbocycles. The Labute approximate surface area is 80.3 Å². The first kappa shape index (κ1) is 10.9. The summed E-state index contributed by atoms with van der Waals surface area (Å²) < 4.78 is 0. The lowest BCUT2D eigenvalue weighted by Gasteiger charge is -2.37. The average Bonchev–Trinajstić information content (AvgIpc) is 2.18. The fraction of sp³-hybridized carbons (Fsp3) is 1.00. The van der Waals surface area contributed by atoms with E-state index in [0.717, 1.165) is 39.3 Å². The summed E-state index contributed by atoms with van der Waals surface area (Å²) in [4.78, 5) is 4.70. The van der Waals surface area contributed by atoms with E-state index in [-0.39, 0.29) is 6.61 Å². The third kappa shape index (κ3) is 3.23. The second kappa shape index (κ2) is 5.54. The fourth-order valence-corrected chi connectivity index (χ4v) is 1.72. The topological polar surface area (TPSA) is 52.7 Å². The number of rotatable bonds is 4. The summed E-state index contributed by atoms with van der Waals surface area (Å²) in [5, 5.41) is 8.76. The van der Waals surface area contributed by atoms with Crippen LogP contribution in [-0.2, 0) is 0 Å². The molecular formula is C9H21N3O. The van der Waals surface area contributed by atoms with Crippen LogP contribution in [0.25, 0.3) is 0 Å². The summed E-state index contributed by atoms with van der Waals surface area (Å²) in [6, 6.07) is 0.497. The second-order valence-electron chi connectivity index (χ2n) is 3.69. The zero-order chi connectivity index (χ0) is 9.68. The van der Waals surface area contributed by atoms with Gasteiger partial charge in [0.1, 0.15) is 0 Å². The highest BCUT2D eigenvalue weighted by Crippen LogP contribution is 2.04. The van der Waals surface area contributed by atoms with Crippen molar-refractivity contribution in [3.05, 3.63) is 0 Å². The van der Waals surface area contributed by atoms with Crippen LogP contribution < -0.4 is 5.73 Å². The summed E-state index contributed by atoms with van der Waals surface area (Å²) in [5.41, 5.74) is 5.60. The van der Waals surface area contributed by atoms with Crippen LogP contribution in [0.4, 0.5) is 0 Å². The van der Waals surface area contributed by atoms with E-state index in [4.69, 9.17) is 10.8 Å². The van der Waals surface area contributed by atoms with Crippen LogP contribution in [0.15, 0.2) is 0 Å². The molecule has 0 aliphatic carbocycles. The molecule has 0 aromatic rings. The molecule has 1 rings (SSSR count). The lowest BCUT2D eigenvalue weighted by Crippen LogP contribution is -2.51. The van der Waals surface area contributed by atoms with E-state index in [1.807, 2.05) is 0 Å². The molecule has 1 unspecified atom stereocenters. The maximum absolute atomic E-state index is 8.76. The third-order valence-corrected chi connectivity index (χ3v) is 2.79. The Morgan fingerprint density at radius 3 is 2.38 bits per heavy atom. The van der Waals surface area contributed by atoms with Gasteiger partial charge in [0, 0.05) is 45.3 Å². The van der Waals surface area contributed by atoms with Gasteiger partial charge >= 0.3 is 0 Å². The number of hydrogen-bond acceptors (Lipinski definition) is 4. The van der Waals surface area contributed by atoms with Gasteiger partial charge in [-0.05, 0) is 6.92 Å². The van der Waals surface area contributed by atoms with E-state index in [2.05, 4.69) is 16.7 Å². The molecule has 0 radical (unpaired) electrons. The fourth-order valence-electron chi connectivity index (χ4n) is 1.72. The second-order valence-corrected chi connectivity index (χ2v) is 3.69. The van der Waals surface area contributed by atoms with Crippen molar-refractivity contribution in [2.75, 3.05) is 45.9 Å². The van der Waals surface area contributed by atoms with Crippen LogP contribution in [-0.4, -0.2) is 66.8 Å². The Morgan fingerprint density at radius 2 is 1.92 bits per heavy atom. The maximum Gasteiger partial charge on any atom is 0.0558 e. The van der Waals surface area contributed by atoms with Crippen molar-refractivity contribution in [1.82, 2.24) is 9.80 Å². The third-order valence-electron chi connectivity index (χ3n) is 2.79. The standard InChI is InChI=1S/C9H21N3O/c1-9(8-10)12-4-2-11(3-5-12)6-7-13/h9,13H,2-8,10H2,1H3. The molecule has 1 fully saturated rings. The molecule has 0 aromatic heterocycles. The molecule has 1 atom stereocenters. The summed E-state index contributed by atoms with van der Waals surface area (Å²) in [6.45, 7) is 8.27. The van der Waals surface area contributed by atoms with Crippen LogP contribution >= 0.6 is 0 Å². The Morgan fingerprint density at radius 1 is 1.31 bits per heavy atom. The van der Waals surface area contributed by atoms with Crippen LogP contribution in [0.2, 0.25) is 0 Å². The van der Waals surface area contributed by atoms with Crippen molar-refractivity contribution >= 4 is 0 Å². The summed E-state index contributed by atoms with van der Waals surface area (Å²) >= 11 is 0. The van der Waals surface area contributed by atoms with Gasteiger partial charge in [-0.25, -0.2) is 0 Å². The van der Waals surface area contributed by atoms with Gasteiger partial charge in [0.05, 0.1) is 6.61 Å². The maximum atomic E-state index is 8.76. The lowest BCUT2D eigenvalue weighted by atomic mass is 10.2. The predicted molar refractivity (Wildman–Crippen MR) is 53.6 cm³/mol. The van der Waals surface area contributed by atoms with Crippen molar-refractivity contribution in [1.29, 1.82) is 0 Å². The Kier molecular flexibility index (Phi) is 4.66. The van der Waals surface area contributed by atoms with E-state index in [9.17, 15) is 0 Å². The molecular weight excluding hydrogens is 166 g/mol. The predicted octanol–water partition coefficient (Wildman–Crippen LogP) is -1.06. The molecule has 0 bridgehead atoms. The minimum absolute atomic E-state index is 0.270. The van der Waals surface area contributed by atoms with Crippen LogP contribution in [0.3, 0.4) is 0 Å². The van der Waals surface area contributed by atoms with Crippen LogP contribution in [0.1, 0.15) is 6.92 Å². The lowest BCUT2D eigenvalue weighted by molar-refractivity contribution is 0.0911. The van der Waals surface area contributed by atoms with Crippen LogP contribution in [0.5, 0.6) is 0 Å². The van der Waals surface area contributed by atoms with E-state index < -0.39 is 0 Å². The van der Waals surface area contributed by atoms with Gasteiger partial charge in [0.2, 0.25) is 0 Å². The number of aliphatic hydroxyl groups is 1. The normalized spacial score (nSPS) is 23.3. The molecule has 1 aliphatic rings. The molecule has 4 heteroatoms. The van der Waals surface area contributed by atoms with Crippen molar-refractivity contribution in [3.8, 4) is 0 Å². The minimum Gasteiger partial charge on any atom is -0.395 e. The van der Waals surface area contributed by atoms with Crippen molar-refractivity contribution < 1.29 is 5.11 Å². The summed E-state index contributed by atoms with van der Waals surface area (Å²) in [5.74, 6) is 0. The highest BCUT2D eigenvalue weighted by atomic mass is 16.3. The molecule has 0 saturated carbocycles. The van der Waals surface area contributed by atoms with Crippen molar-refractivity contribution in [2.45, 2.75) is 13.0 Å². The smallest absolute Gasteiger partial charge is 0.0558 e. The van der Waals surface area contributed by atoms with Gasteiger partial charge in [0.25, 0.3) is 0 Å². The molecule has 0 spiro atoms. The Hall–Kier alpha value is -0.160. The SMILES string of the molecule is CC(CN)N1CCN(CCO)CC1. The van der Waals surface area contributed by atoms with Gasteiger partial charge in [0.15, 0.2) is 0 Å². The summed E-state index contributed by atoms with van der Waals surface area (Å²) in [6.07, 6.45) is 0. The van der Waals surface area contributed by atoms with Gasteiger partial charge in [-0.15, -0.1) is 0 Å². The highest BCUT2D eigenvalue weighted by Gasteiger charge is 2.19. The number of aliphatic hydroxyl groups excluding tert-OH is 1. The van der Waals surface area contributed by atoms with Crippen molar-refractivity contribution in [2.24, 2.45) is 5.73 Å². The van der Waals surface area contributed by atoms with E-state index in [1.54, 1.807) is 0 Å². The summed E-state index contributed by atoms with van der Waals surface area (Å²) in [7, 11) is 0.